The highest BCUT2D eigenvalue weighted by Gasteiger charge is 2.40. The topological polar surface area (TPSA) is 58.6 Å². The molecule has 5 nitrogen and oxygen atoms in total. The van der Waals surface area contributed by atoms with Crippen molar-refractivity contribution in [2.75, 3.05) is 7.05 Å². The smallest absolute Gasteiger partial charge is 0.411 e. The molecular formula is C12H22N2O3. The molecule has 1 aliphatic rings. The van der Waals surface area contributed by atoms with Gasteiger partial charge < -0.3 is 10.1 Å². The fourth-order valence-electron chi connectivity index (χ4n) is 2.03. The van der Waals surface area contributed by atoms with Gasteiger partial charge in [0.2, 0.25) is 5.91 Å². The van der Waals surface area contributed by atoms with E-state index in [1.165, 1.54) is 0 Å². The number of hydrogen-bond acceptors (Lipinski definition) is 3. The van der Waals surface area contributed by atoms with Gasteiger partial charge in [-0.05, 0) is 40.5 Å². The first-order chi connectivity index (χ1) is 7.76. The summed E-state index contributed by atoms with van der Waals surface area (Å²) < 4.78 is 5.32. The third kappa shape index (κ3) is 3.35. The van der Waals surface area contributed by atoms with Crippen molar-refractivity contribution >= 4 is 12.0 Å². The number of ether oxygens (including phenoxy) is 1. The zero-order chi connectivity index (χ0) is 13.2. The Labute approximate surface area is 102 Å². The van der Waals surface area contributed by atoms with E-state index in [1.54, 1.807) is 11.9 Å². The minimum absolute atomic E-state index is 0.0483. The molecule has 0 aromatic carbocycles. The molecule has 0 bridgehead atoms. The van der Waals surface area contributed by atoms with Gasteiger partial charge in [-0.25, -0.2) is 4.79 Å². The second-order valence-electron chi connectivity index (χ2n) is 5.44. The number of hydrogen-bond donors (Lipinski definition) is 1. The maximum atomic E-state index is 12.0. The minimum Gasteiger partial charge on any atom is -0.444 e. The average Bonchev–Trinajstić information content (AvgIpc) is 2.56. The van der Waals surface area contributed by atoms with Crippen molar-refractivity contribution in [1.82, 2.24) is 10.2 Å². The fraction of sp³-hybridized carbons (Fsp3) is 0.833. The van der Waals surface area contributed by atoms with Crippen molar-refractivity contribution in [1.29, 1.82) is 0 Å². The number of amides is 2. The summed E-state index contributed by atoms with van der Waals surface area (Å²) in [5.41, 5.74) is -0.535. The predicted molar refractivity (Wildman–Crippen MR) is 64.6 cm³/mol. The summed E-state index contributed by atoms with van der Waals surface area (Å²) in [6.07, 6.45) is 1.12. The lowest BCUT2D eigenvalue weighted by molar-refractivity contribution is -0.125. The largest absolute Gasteiger partial charge is 0.444 e. The lowest BCUT2D eigenvalue weighted by Crippen LogP contribution is -2.49. The average molecular weight is 242 g/mol. The van der Waals surface area contributed by atoms with Gasteiger partial charge in [0.25, 0.3) is 0 Å². The molecule has 0 radical (unpaired) electrons. The van der Waals surface area contributed by atoms with Crippen LogP contribution in [0.3, 0.4) is 0 Å². The van der Waals surface area contributed by atoms with Gasteiger partial charge in [-0.1, -0.05) is 0 Å². The Morgan fingerprint density at radius 2 is 1.88 bits per heavy atom. The number of rotatable bonds is 1. The highest BCUT2D eigenvalue weighted by Crippen LogP contribution is 2.26. The number of nitrogens with one attached hydrogen (secondary N) is 1. The van der Waals surface area contributed by atoms with Crippen molar-refractivity contribution in [2.24, 2.45) is 0 Å². The van der Waals surface area contributed by atoms with Crippen LogP contribution in [0.4, 0.5) is 4.79 Å². The monoisotopic (exact) mass is 242 g/mol. The summed E-state index contributed by atoms with van der Waals surface area (Å²) >= 11 is 0. The van der Waals surface area contributed by atoms with E-state index in [1.807, 2.05) is 27.7 Å². The second kappa shape index (κ2) is 4.94. The molecule has 1 aliphatic heterocycles. The van der Waals surface area contributed by atoms with Gasteiger partial charge in [0.1, 0.15) is 11.6 Å². The molecule has 17 heavy (non-hydrogen) atoms. The third-order valence-electron chi connectivity index (χ3n) is 2.82. The van der Waals surface area contributed by atoms with Crippen LogP contribution in [-0.2, 0) is 9.53 Å². The molecule has 1 fully saturated rings. The van der Waals surface area contributed by atoms with Crippen LogP contribution in [0.5, 0.6) is 0 Å². The molecule has 1 saturated heterocycles. The van der Waals surface area contributed by atoms with Crippen molar-refractivity contribution in [2.45, 2.75) is 58.2 Å². The molecule has 0 aliphatic carbocycles. The lowest BCUT2D eigenvalue weighted by Gasteiger charge is -2.30. The number of carbonyl (C=O) groups excluding carboxylic acids is 2. The summed E-state index contributed by atoms with van der Waals surface area (Å²) in [5, 5.41) is 2.59. The molecule has 1 heterocycles. The fourth-order valence-corrected chi connectivity index (χ4v) is 2.03. The van der Waals surface area contributed by atoms with E-state index < -0.39 is 17.7 Å². The molecule has 1 N–H and O–H groups in total. The van der Waals surface area contributed by atoms with E-state index in [0.717, 1.165) is 6.42 Å². The van der Waals surface area contributed by atoms with Crippen molar-refractivity contribution < 1.29 is 14.3 Å². The van der Waals surface area contributed by atoms with Crippen LogP contribution in [0.2, 0.25) is 0 Å². The Kier molecular flexibility index (Phi) is 4.01. The summed E-state index contributed by atoms with van der Waals surface area (Å²) in [6, 6.07) is -0.350. The van der Waals surface area contributed by atoms with E-state index in [9.17, 15) is 9.59 Å². The Balaban J connectivity index is 2.78. The quantitative estimate of drug-likeness (QED) is 0.758. The molecule has 5 heteroatoms. The van der Waals surface area contributed by atoms with Gasteiger partial charge in [0.05, 0.1) is 0 Å². The van der Waals surface area contributed by atoms with Gasteiger partial charge in [0.15, 0.2) is 0 Å². The van der Waals surface area contributed by atoms with Gasteiger partial charge in [-0.2, -0.15) is 0 Å². The molecule has 98 valence electrons. The van der Waals surface area contributed by atoms with Crippen molar-refractivity contribution in [3.63, 3.8) is 0 Å². The van der Waals surface area contributed by atoms with Crippen LogP contribution in [0.15, 0.2) is 0 Å². The Morgan fingerprint density at radius 3 is 2.35 bits per heavy atom. The normalized spacial score (nSPS) is 24.6. The predicted octanol–water partition coefficient (Wildman–Crippen LogP) is 1.52. The van der Waals surface area contributed by atoms with Gasteiger partial charge in [0, 0.05) is 13.1 Å². The highest BCUT2D eigenvalue weighted by atomic mass is 16.6. The van der Waals surface area contributed by atoms with Gasteiger partial charge in [-0.15, -0.1) is 0 Å². The second-order valence-corrected chi connectivity index (χ2v) is 5.44. The summed E-state index contributed by atoms with van der Waals surface area (Å²) in [5.74, 6) is -0.125. The van der Waals surface area contributed by atoms with Crippen molar-refractivity contribution in [3.8, 4) is 0 Å². The molecule has 2 atom stereocenters. The minimum atomic E-state index is -0.535. The number of carbonyl (C=O) groups is 2. The first kappa shape index (κ1) is 13.8. The summed E-state index contributed by atoms with van der Waals surface area (Å²) in [7, 11) is 1.58. The highest BCUT2D eigenvalue weighted by molar-refractivity contribution is 5.86. The molecule has 0 aromatic rings. The van der Waals surface area contributed by atoms with Gasteiger partial charge >= 0.3 is 6.09 Å². The molecule has 1 rings (SSSR count). The van der Waals surface area contributed by atoms with Crippen LogP contribution >= 0.6 is 0 Å². The molecular weight excluding hydrogens is 220 g/mol. The number of likely N-dealkylation sites (N-methyl/N-ethyl adjacent to an activating group) is 1. The maximum absolute atomic E-state index is 12.0. The lowest BCUT2D eigenvalue weighted by atomic mass is 10.2. The van der Waals surface area contributed by atoms with Crippen LogP contribution in [0, 0.1) is 0 Å². The Bertz CT molecular complexity index is 309. The van der Waals surface area contributed by atoms with E-state index >= 15 is 0 Å². The van der Waals surface area contributed by atoms with Crippen LogP contribution < -0.4 is 5.32 Å². The first-order valence-corrected chi connectivity index (χ1v) is 5.99. The van der Waals surface area contributed by atoms with E-state index in [4.69, 9.17) is 4.74 Å². The number of nitrogens with zero attached hydrogens (tertiary/aromatic N) is 1. The maximum Gasteiger partial charge on any atom is 0.411 e. The van der Waals surface area contributed by atoms with Crippen LogP contribution in [-0.4, -0.2) is 41.6 Å². The molecule has 2 amide bonds. The molecule has 0 aromatic heterocycles. The Hall–Kier alpha value is -1.26. The van der Waals surface area contributed by atoms with Gasteiger partial charge in [-0.3, -0.25) is 9.69 Å². The summed E-state index contributed by atoms with van der Waals surface area (Å²) in [6.45, 7) is 7.40. The molecule has 0 spiro atoms. The molecule has 0 saturated carbocycles. The summed E-state index contributed by atoms with van der Waals surface area (Å²) in [4.78, 5) is 25.3. The van der Waals surface area contributed by atoms with Crippen LogP contribution in [0.1, 0.15) is 40.5 Å². The van der Waals surface area contributed by atoms with Crippen molar-refractivity contribution in [3.05, 3.63) is 0 Å². The zero-order valence-electron chi connectivity index (χ0n) is 11.2. The van der Waals surface area contributed by atoms with E-state index in [2.05, 4.69) is 5.32 Å². The molecule has 0 unspecified atom stereocenters. The zero-order valence-corrected chi connectivity index (χ0v) is 11.2. The standard InChI is InChI=1S/C12H22N2O3/c1-8-6-7-9(10(15)13-5)14(8)11(16)17-12(2,3)4/h8-9H,6-7H2,1-5H3,(H,13,15)/t8-,9-/m0/s1. The third-order valence-corrected chi connectivity index (χ3v) is 2.82. The van der Waals surface area contributed by atoms with E-state index in [0.29, 0.717) is 6.42 Å². The number of likely N-dealkylation sites (tertiary alicyclic amines) is 1. The van der Waals surface area contributed by atoms with E-state index in [-0.39, 0.29) is 11.9 Å². The van der Waals surface area contributed by atoms with Crippen LogP contribution in [0.25, 0.3) is 0 Å². The first-order valence-electron chi connectivity index (χ1n) is 5.99. The Morgan fingerprint density at radius 1 is 1.29 bits per heavy atom. The SMILES string of the molecule is CNC(=O)[C@@H]1CC[C@H](C)N1C(=O)OC(C)(C)C.